The van der Waals surface area contributed by atoms with Crippen LogP contribution in [0.4, 0.5) is 0 Å². The Kier molecular flexibility index (Phi) is 4.74. The summed E-state index contributed by atoms with van der Waals surface area (Å²) in [5.41, 5.74) is 2.83. The van der Waals surface area contributed by atoms with E-state index in [-0.39, 0.29) is 17.7 Å². The maximum Gasteiger partial charge on any atom is 0.271 e. The quantitative estimate of drug-likeness (QED) is 0.916. The van der Waals surface area contributed by atoms with E-state index in [2.05, 4.69) is 10.3 Å². The van der Waals surface area contributed by atoms with Crippen molar-refractivity contribution >= 4 is 27.1 Å². The summed E-state index contributed by atoms with van der Waals surface area (Å²) in [6, 6.07) is 6.35. The first kappa shape index (κ1) is 15.7. The Morgan fingerprint density at radius 2 is 2.00 bits per heavy atom. The van der Waals surface area contributed by atoms with Gasteiger partial charge in [0.25, 0.3) is 5.91 Å². The molecule has 0 saturated carbocycles. The van der Waals surface area contributed by atoms with Gasteiger partial charge in [-0.15, -0.1) is 11.3 Å². The molecule has 112 valence electrons. The fourth-order valence-electron chi connectivity index (χ4n) is 1.81. The molecule has 0 saturated heterocycles. The Balaban J connectivity index is 2.10. The molecule has 1 heterocycles. The van der Waals surface area contributed by atoms with Crippen LogP contribution < -0.4 is 5.32 Å². The van der Waals surface area contributed by atoms with Crippen LogP contribution in [-0.4, -0.2) is 25.1 Å². The smallest absolute Gasteiger partial charge is 0.271 e. The third-order valence-corrected chi connectivity index (χ3v) is 5.47. The summed E-state index contributed by atoms with van der Waals surface area (Å²) in [7, 11) is -3.20. The summed E-state index contributed by atoms with van der Waals surface area (Å²) < 4.78 is 23.5. The van der Waals surface area contributed by atoms with Crippen molar-refractivity contribution in [2.45, 2.75) is 24.8 Å². The van der Waals surface area contributed by atoms with Crippen molar-refractivity contribution in [2.24, 2.45) is 0 Å². The molecule has 1 N–H and O–H groups in total. The molecule has 1 aromatic heterocycles. The van der Waals surface area contributed by atoms with Gasteiger partial charge in [-0.2, -0.15) is 0 Å². The molecule has 0 fully saturated rings. The highest BCUT2D eigenvalue weighted by atomic mass is 32.2. The highest BCUT2D eigenvalue weighted by Gasteiger charge is 2.15. The van der Waals surface area contributed by atoms with Crippen molar-refractivity contribution in [3.8, 4) is 0 Å². The normalized spacial score (nSPS) is 12.9. The van der Waals surface area contributed by atoms with Crippen molar-refractivity contribution in [3.63, 3.8) is 0 Å². The zero-order valence-corrected chi connectivity index (χ0v) is 13.4. The Morgan fingerprint density at radius 3 is 2.52 bits per heavy atom. The number of carbonyl (C=O) groups is 1. The Morgan fingerprint density at radius 1 is 1.33 bits per heavy atom. The largest absolute Gasteiger partial charge is 0.344 e. The number of hydrogen-bond donors (Lipinski definition) is 1. The van der Waals surface area contributed by atoms with E-state index in [9.17, 15) is 13.2 Å². The molecule has 0 aliphatic heterocycles. The van der Waals surface area contributed by atoms with Gasteiger partial charge >= 0.3 is 0 Å². The minimum atomic E-state index is -3.20. The van der Waals surface area contributed by atoms with Gasteiger partial charge in [0.05, 0.1) is 22.2 Å². The number of thiazole rings is 1. The first-order valence-electron chi connectivity index (χ1n) is 6.46. The second-order valence-corrected chi connectivity index (χ2v) is 7.54. The van der Waals surface area contributed by atoms with E-state index in [1.54, 1.807) is 42.1 Å². The van der Waals surface area contributed by atoms with Crippen molar-refractivity contribution < 1.29 is 13.2 Å². The second kappa shape index (κ2) is 6.36. The van der Waals surface area contributed by atoms with Crippen molar-refractivity contribution in [2.75, 3.05) is 5.75 Å². The van der Waals surface area contributed by atoms with E-state index in [1.165, 1.54) is 11.3 Å². The number of benzene rings is 1. The average Bonchev–Trinajstić information content (AvgIpc) is 3.01. The highest BCUT2D eigenvalue weighted by molar-refractivity contribution is 7.91. The van der Waals surface area contributed by atoms with E-state index in [0.717, 1.165) is 5.56 Å². The topological polar surface area (TPSA) is 76.1 Å². The van der Waals surface area contributed by atoms with Gasteiger partial charge in [-0.25, -0.2) is 13.4 Å². The van der Waals surface area contributed by atoms with E-state index in [1.807, 2.05) is 6.92 Å². The van der Waals surface area contributed by atoms with E-state index in [0.29, 0.717) is 10.6 Å². The standard InChI is InChI=1S/C14H16N2O3S2/c1-3-21(18,19)12-6-4-11(5-7-12)10(2)16-14(17)13-8-20-9-15-13/h4-10H,3H2,1-2H3,(H,16,17). The summed E-state index contributed by atoms with van der Waals surface area (Å²) >= 11 is 1.36. The van der Waals surface area contributed by atoms with E-state index < -0.39 is 9.84 Å². The monoisotopic (exact) mass is 324 g/mol. The first-order chi connectivity index (χ1) is 9.94. The molecule has 5 nitrogen and oxygen atoms in total. The minimum absolute atomic E-state index is 0.0719. The van der Waals surface area contributed by atoms with Crippen molar-refractivity contribution in [1.82, 2.24) is 10.3 Å². The van der Waals surface area contributed by atoms with Crippen LogP contribution >= 0.6 is 11.3 Å². The number of hydrogen-bond acceptors (Lipinski definition) is 5. The van der Waals surface area contributed by atoms with Crippen LogP contribution in [0, 0.1) is 0 Å². The number of carbonyl (C=O) groups excluding carboxylic acids is 1. The number of nitrogens with one attached hydrogen (secondary N) is 1. The molecule has 7 heteroatoms. The van der Waals surface area contributed by atoms with Crippen LogP contribution in [0.2, 0.25) is 0 Å². The van der Waals surface area contributed by atoms with Gasteiger partial charge < -0.3 is 5.32 Å². The molecule has 1 atom stereocenters. The Hall–Kier alpha value is -1.73. The van der Waals surface area contributed by atoms with Gasteiger partial charge in [-0.05, 0) is 24.6 Å². The SMILES string of the molecule is CCS(=O)(=O)c1ccc(C(C)NC(=O)c2cscn2)cc1. The van der Waals surface area contributed by atoms with E-state index in [4.69, 9.17) is 0 Å². The van der Waals surface area contributed by atoms with Gasteiger partial charge in [0.1, 0.15) is 5.69 Å². The number of sulfone groups is 1. The predicted molar refractivity (Wildman–Crippen MR) is 82.2 cm³/mol. The number of amides is 1. The number of rotatable bonds is 5. The third kappa shape index (κ3) is 3.68. The van der Waals surface area contributed by atoms with Crippen LogP contribution in [-0.2, 0) is 9.84 Å². The molecule has 0 radical (unpaired) electrons. The number of aromatic nitrogens is 1. The third-order valence-electron chi connectivity index (χ3n) is 3.13. The Labute approximate surface area is 128 Å². The lowest BCUT2D eigenvalue weighted by Crippen LogP contribution is -2.26. The fraction of sp³-hybridized carbons (Fsp3) is 0.286. The molecule has 1 amide bonds. The summed E-state index contributed by atoms with van der Waals surface area (Å²) in [5, 5.41) is 4.51. The molecule has 2 aromatic rings. The fourth-order valence-corrected chi connectivity index (χ4v) is 3.23. The lowest BCUT2D eigenvalue weighted by atomic mass is 10.1. The van der Waals surface area contributed by atoms with Crippen molar-refractivity contribution in [1.29, 1.82) is 0 Å². The molecule has 0 spiro atoms. The molecule has 21 heavy (non-hydrogen) atoms. The summed E-state index contributed by atoms with van der Waals surface area (Å²) in [6.45, 7) is 3.45. The van der Waals surface area contributed by atoms with Crippen LogP contribution in [0.5, 0.6) is 0 Å². The van der Waals surface area contributed by atoms with Crippen LogP contribution in [0.15, 0.2) is 40.1 Å². The summed E-state index contributed by atoms with van der Waals surface area (Å²) in [4.78, 5) is 16.1. The van der Waals surface area contributed by atoms with Gasteiger partial charge in [0.15, 0.2) is 9.84 Å². The molecule has 1 aromatic carbocycles. The molecule has 0 bridgehead atoms. The molecule has 2 rings (SSSR count). The highest BCUT2D eigenvalue weighted by Crippen LogP contribution is 2.17. The zero-order chi connectivity index (χ0) is 15.5. The van der Waals surface area contributed by atoms with Gasteiger partial charge in [0.2, 0.25) is 0 Å². The molecular weight excluding hydrogens is 308 g/mol. The summed E-state index contributed by atoms with van der Waals surface area (Å²) in [6.07, 6.45) is 0. The lowest BCUT2D eigenvalue weighted by molar-refractivity contribution is 0.0935. The van der Waals surface area contributed by atoms with Gasteiger partial charge in [-0.3, -0.25) is 4.79 Å². The molecule has 0 aliphatic carbocycles. The van der Waals surface area contributed by atoms with E-state index >= 15 is 0 Å². The van der Waals surface area contributed by atoms with Crippen LogP contribution in [0.25, 0.3) is 0 Å². The predicted octanol–water partition coefficient (Wildman–Crippen LogP) is 2.43. The molecular formula is C14H16N2O3S2. The van der Waals surface area contributed by atoms with Gasteiger partial charge in [-0.1, -0.05) is 19.1 Å². The lowest BCUT2D eigenvalue weighted by Gasteiger charge is -2.14. The molecule has 0 aliphatic rings. The first-order valence-corrected chi connectivity index (χ1v) is 9.05. The van der Waals surface area contributed by atoms with Crippen molar-refractivity contribution in [3.05, 3.63) is 46.4 Å². The maximum absolute atomic E-state index is 11.9. The summed E-state index contributed by atoms with van der Waals surface area (Å²) in [5.74, 6) is -0.170. The maximum atomic E-state index is 11.9. The molecule has 1 unspecified atom stereocenters. The number of nitrogens with zero attached hydrogens (tertiary/aromatic N) is 1. The van der Waals surface area contributed by atoms with Gasteiger partial charge in [0, 0.05) is 5.38 Å². The van der Waals surface area contributed by atoms with Crippen LogP contribution in [0.3, 0.4) is 0 Å². The second-order valence-electron chi connectivity index (χ2n) is 4.54. The zero-order valence-electron chi connectivity index (χ0n) is 11.7. The van der Waals surface area contributed by atoms with Crippen LogP contribution in [0.1, 0.15) is 35.9 Å². The Bertz CT molecular complexity index is 707. The minimum Gasteiger partial charge on any atom is -0.344 e. The average molecular weight is 324 g/mol.